The van der Waals surface area contributed by atoms with Crippen molar-refractivity contribution in [3.8, 4) is 0 Å². The van der Waals surface area contributed by atoms with Crippen LogP contribution in [-0.2, 0) is 18.9 Å². The summed E-state index contributed by atoms with van der Waals surface area (Å²) in [5.74, 6) is 1.55. The first-order valence-corrected chi connectivity index (χ1v) is 13.9. The van der Waals surface area contributed by atoms with E-state index in [0.717, 1.165) is 44.9 Å². The van der Waals surface area contributed by atoms with E-state index in [9.17, 15) is 4.79 Å². The van der Waals surface area contributed by atoms with E-state index in [1.807, 2.05) is 4.90 Å². The maximum atomic E-state index is 13.0. The van der Waals surface area contributed by atoms with Gasteiger partial charge in [0.1, 0.15) is 23.4 Å². The molecule has 35 heavy (non-hydrogen) atoms. The molecule has 0 aromatic heterocycles. The van der Waals surface area contributed by atoms with E-state index in [4.69, 9.17) is 18.9 Å². The molecule has 1 aliphatic carbocycles. The molecule has 1 spiro atoms. The van der Waals surface area contributed by atoms with Crippen LogP contribution in [0.25, 0.3) is 0 Å². The van der Waals surface area contributed by atoms with Gasteiger partial charge in [0.2, 0.25) is 0 Å². The Morgan fingerprint density at radius 2 is 1.80 bits per heavy atom. The number of piperidine rings is 1. The fraction of sp³-hybridized carbons (Fsp3) is 0.893. The molecule has 4 saturated heterocycles. The number of likely N-dealkylation sites (tertiary alicyclic amines) is 2. The minimum atomic E-state index is -0.302. The molecule has 5 fully saturated rings. The molecule has 6 atom stereocenters. The lowest BCUT2D eigenvalue weighted by molar-refractivity contribution is -0.124. The monoisotopic (exact) mass is 490 g/mol. The summed E-state index contributed by atoms with van der Waals surface area (Å²) in [5.41, 5.74) is 0.816. The van der Waals surface area contributed by atoms with Crippen LogP contribution in [0.2, 0.25) is 0 Å². The van der Waals surface area contributed by atoms with Gasteiger partial charge in [-0.25, -0.2) is 4.79 Å². The predicted octanol–water partition coefficient (Wildman–Crippen LogP) is 4.25. The average Bonchev–Trinajstić information content (AvgIpc) is 3.71. The minimum Gasteiger partial charge on any atom is -0.443 e. The molecule has 0 N–H and O–H groups in total. The Labute approximate surface area is 211 Å². The van der Waals surface area contributed by atoms with E-state index in [1.165, 1.54) is 44.3 Å². The normalized spacial score (nSPS) is 39.9. The summed E-state index contributed by atoms with van der Waals surface area (Å²) in [7, 11) is 3.95. The molecule has 1 amide bonds. The summed E-state index contributed by atoms with van der Waals surface area (Å²) < 4.78 is 24.4. The maximum absolute atomic E-state index is 13.0. The van der Waals surface area contributed by atoms with Crippen LogP contribution in [0, 0.1) is 17.8 Å². The average molecular weight is 491 g/mol. The molecule has 0 aromatic carbocycles. The van der Waals surface area contributed by atoms with E-state index in [2.05, 4.69) is 38.8 Å². The van der Waals surface area contributed by atoms with Crippen molar-refractivity contribution in [3.63, 3.8) is 0 Å². The first-order chi connectivity index (χ1) is 16.7. The summed E-state index contributed by atoms with van der Waals surface area (Å²) in [4.78, 5) is 17.3. The number of nitrogens with zero attached hydrogens (tertiary/aromatic N) is 2. The number of allylic oxidation sites excluding steroid dienone is 1. The quantitative estimate of drug-likeness (QED) is 0.374. The molecule has 5 rings (SSSR count). The standard InChI is InChI=1S/C28H46N2O5/c1-19(2)6-9-23-27(3,35-23)25-24(32-5)22(10-13-28(25)18-33-28)34-26(31)30-16-21(17-30)8-7-20-11-14-29(4)15-12-20/h6,20-25H,7-18H2,1-5H3/t22?,23-,24?,25?,27+,28?/m1/s1. The second-order valence-electron chi connectivity index (χ2n) is 12.4. The zero-order chi connectivity index (χ0) is 24.8. The molecule has 7 heteroatoms. The Morgan fingerprint density at radius 3 is 2.43 bits per heavy atom. The molecule has 1 saturated carbocycles. The van der Waals surface area contributed by atoms with Gasteiger partial charge in [0.05, 0.1) is 18.6 Å². The van der Waals surface area contributed by atoms with Gasteiger partial charge in [0, 0.05) is 20.2 Å². The largest absolute Gasteiger partial charge is 0.443 e. The predicted molar refractivity (Wildman–Crippen MR) is 134 cm³/mol. The highest BCUT2D eigenvalue weighted by molar-refractivity contribution is 5.69. The number of ether oxygens (including phenoxy) is 4. The van der Waals surface area contributed by atoms with E-state index in [0.29, 0.717) is 5.92 Å². The fourth-order valence-electron chi connectivity index (χ4n) is 7.00. The molecule has 0 radical (unpaired) electrons. The van der Waals surface area contributed by atoms with Crippen molar-refractivity contribution in [2.45, 2.75) is 95.2 Å². The Morgan fingerprint density at radius 1 is 1.11 bits per heavy atom. The molecular weight excluding hydrogens is 444 g/mol. The van der Waals surface area contributed by atoms with Crippen molar-refractivity contribution in [1.29, 1.82) is 0 Å². The minimum absolute atomic E-state index is 0.0702. The van der Waals surface area contributed by atoms with Crippen LogP contribution in [0.5, 0.6) is 0 Å². The number of carbonyl (C=O) groups is 1. The van der Waals surface area contributed by atoms with E-state index >= 15 is 0 Å². The highest BCUT2D eigenvalue weighted by atomic mass is 16.6. The SMILES string of the molecule is COC1C(OC(=O)N2CC(CCC3CCN(C)CC3)C2)CCC2(CO2)C1[C@@]1(C)O[C@@H]1CC=C(C)C. The van der Waals surface area contributed by atoms with Crippen LogP contribution in [0.15, 0.2) is 11.6 Å². The lowest BCUT2D eigenvalue weighted by Gasteiger charge is -2.44. The van der Waals surface area contributed by atoms with Crippen molar-refractivity contribution in [2.75, 3.05) is 46.9 Å². The van der Waals surface area contributed by atoms with Crippen LogP contribution in [-0.4, -0.2) is 92.4 Å². The summed E-state index contributed by atoms with van der Waals surface area (Å²) in [6.45, 7) is 11.3. The van der Waals surface area contributed by atoms with Crippen molar-refractivity contribution >= 4 is 6.09 Å². The van der Waals surface area contributed by atoms with Gasteiger partial charge in [-0.1, -0.05) is 11.6 Å². The number of hydrogen-bond acceptors (Lipinski definition) is 6. The van der Waals surface area contributed by atoms with E-state index < -0.39 is 0 Å². The lowest BCUT2D eigenvalue weighted by Crippen LogP contribution is -2.57. The Hall–Kier alpha value is -1.15. The van der Waals surface area contributed by atoms with Gasteiger partial charge in [-0.15, -0.1) is 0 Å². The zero-order valence-corrected chi connectivity index (χ0v) is 22.5. The van der Waals surface area contributed by atoms with Crippen LogP contribution >= 0.6 is 0 Å². The van der Waals surface area contributed by atoms with Crippen molar-refractivity contribution in [3.05, 3.63) is 11.6 Å². The fourth-order valence-corrected chi connectivity index (χ4v) is 7.00. The zero-order valence-electron chi connectivity index (χ0n) is 22.5. The van der Waals surface area contributed by atoms with Crippen molar-refractivity contribution < 1.29 is 23.7 Å². The summed E-state index contributed by atoms with van der Waals surface area (Å²) in [5, 5.41) is 0. The second-order valence-corrected chi connectivity index (χ2v) is 12.4. The van der Waals surface area contributed by atoms with E-state index in [1.54, 1.807) is 7.11 Å². The highest BCUT2D eigenvalue weighted by Crippen LogP contribution is 2.59. The van der Waals surface area contributed by atoms with Crippen molar-refractivity contribution in [1.82, 2.24) is 9.80 Å². The number of rotatable bonds is 8. The number of methoxy groups -OCH3 is 1. The van der Waals surface area contributed by atoms with Gasteiger partial charge in [0.25, 0.3) is 0 Å². The van der Waals surface area contributed by atoms with E-state index in [-0.39, 0.29) is 41.5 Å². The summed E-state index contributed by atoms with van der Waals surface area (Å²) >= 11 is 0. The third-order valence-corrected chi connectivity index (χ3v) is 9.53. The molecule has 0 aromatic rings. The number of carbonyl (C=O) groups excluding carboxylic acids is 1. The van der Waals surface area contributed by atoms with Gasteiger partial charge in [-0.3, -0.25) is 0 Å². The molecule has 4 heterocycles. The second kappa shape index (κ2) is 9.96. The third-order valence-electron chi connectivity index (χ3n) is 9.53. The van der Waals surface area contributed by atoms with Gasteiger partial charge in [-0.2, -0.15) is 0 Å². The first-order valence-electron chi connectivity index (χ1n) is 13.9. The number of hydrogen-bond donors (Lipinski definition) is 0. The summed E-state index contributed by atoms with van der Waals surface area (Å²) in [6.07, 6.45) is 9.50. The molecule has 198 valence electrons. The van der Waals surface area contributed by atoms with Crippen LogP contribution in [0.4, 0.5) is 4.79 Å². The maximum Gasteiger partial charge on any atom is 0.410 e. The molecule has 7 nitrogen and oxygen atoms in total. The number of epoxide rings is 2. The Balaban J connectivity index is 1.12. The summed E-state index contributed by atoms with van der Waals surface area (Å²) in [6, 6.07) is 0. The number of amides is 1. The molecule has 0 bridgehead atoms. The highest BCUT2D eigenvalue weighted by Gasteiger charge is 2.72. The molecular formula is C28H46N2O5. The van der Waals surface area contributed by atoms with Crippen LogP contribution < -0.4 is 0 Å². The van der Waals surface area contributed by atoms with Gasteiger partial charge < -0.3 is 28.7 Å². The first kappa shape index (κ1) is 25.5. The molecule has 5 aliphatic rings. The molecule has 4 aliphatic heterocycles. The smallest absolute Gasteiger partial charge is 0.410 e. The van der Waals surface area contributed by atoms with Gasteiger partial charge in [-0.05, 0) is 97.7 Å². The van der Waals surface area contributed by atoms with Crippen LogP contribution in [0.3, 0.4) is 0 Å². The van der Waals surface area contributed by atoms with Crippen LogP contribution in [0.1, 0.15) is 65.7 Å². The third kappa shape index (κ3) is 5.29. The Bertz CT molecular complexity index is 795. The van der Waals surface area contributed by atoms with Gasteiger partial charge in [0.15, 0.2) is 0 Å². The topological polar surface area (TPSA) is 67.1 Å². The van der Waals surface area contributed by atoms with Gasteiger partial charge >= 0.3 is 6.09 Å². The molecule has 4 unspecified atom stereocenters. The van der Waals surface area contributed by atoms with Crippen molar-refractivity contribution in [2.24, 2.45) is 17.8 Å². The lowest BCUT2D eigenvalue weighted by atomic mass is 9.68. The Kier molecular flexibility index (Phi) is 7.25.